The third kappa shape index (κ3) is 3.81. The summed E-state index contributed by atoms with van der Waals surface area (Å²) in [5.41, 5.74) is 0.426. The Bertz CT molecular complexity index is 345. The molecule has 1 aromatic rings. The molecule has 0 bridgehead atoms. The van der Waals surface area contributed by atoms with Gasteiger partial charge in [0.15, 0.2) is 0 Å². The molecule has 1 N–H and O–H groups in total. The summed E-state index contributed by atoms with van der Waals surface area (Å²) >= 11 is 0. The molecule has 4 nitrogen and oxygen atoms in total. The van der Waals surface area contributed by atoms with Gasteiger partial charge in [0.1, 0.15) is 6.10 Å². The average Bonchev–Trinajstić information content (AvgIpc) is 2.17. The smallest absolute Gasteiger partial charge is 0.338 e. The monoisotopic (exact) mass is 208 g/mol. The molecule has 0 radical (unpaired) electrons. The first-order chi connectivity index (χ1) is 7.09. The molecule has 0 aliphatic heterocycles. The van der Waals surface area contributed by atoms with Crippen LogP contribution in [0.1, 0.15) is 23.7 Å². The van der Waals surface area contributed by atoms with Gasteiger partial charge in [0.05, 0.1) is 12.0 Å². The zero-order valence-corrected chi connectivity index (χ0v) is 8.34. The number of esters is 1. The fraction of sp³-hybridized carbons (Fsp3) is 0.273. The van der Waals surface area contributed by atoms with Gasteiger partial charge in [-0.1, -0.05) is 18.2 Å². The van der Waals surface area contributed by atoms with Crippen molar-refractivity contribution in [2.75, 3.05) is 0 Å². The van der Waals surface area contributed by atoms with Crippen molar-refractivity contribution >= 4 is 11.9 Å². The van der Waals surface area contributed by atoms with Gasteiger partial charge in [-0.15, -0.1) is 0 Å². The average molecular weight is 208 g/mol. The zero-order valence-electron chi connectivity index (χ0n) is 8.34. The first-order valence-electron chi connectivity index (χ1n) is 4.57. The van der Waals surface area contributed by atoms with E-state index in [0.29, 0.717) is 5.56 Å². The molecule has 1 unspecified atom stereocenters. The van der Waals surface area contributed by atoms with E-state index in [4.69, 9.17) is 9.84 Å². The highest BCUT2D eigenvalue weighted by molar-refractivity contribution is 5.89. The summed E-state index contributed by atoms with van der Waals surface area (Å²) in [7, 11) is 0. The Kier molecular flexibility index (Phi) is 3.85. The highest BCUT2D eigenvalue weighted by Gasteiger charge is 2.13. The first-order valence-corrected chi connectivity index (χ1v) is 4.57. The van der Waals surface area contributed by atoms with Crippen LogP contribution >= 0.6 is 0 Å². The Labute approximate surface area is 87.5 Å². The number of benzene rings is 1. The van der Waals surface area contributed by atoms with Crippen molar-refractivity contribution in [1.29, 1.82) is 0 Å². The topological polar surface area (TPSA) is 63.6 Å². The van der Waals surface area contributed by atoms with Gasteiger partial charge < -0.3 is 9.84 Å². The summed E-state index contributed by atoms with van der Waals surface area (Å²) in [5, 5.41) is 8.48. The molecule has 1 atom stereocenters. The van der Waals surface area contributed by atoms with Crippen molar-refractivity contribution in [3.05, 3.63) is 35.9 Å². The van der Waals surface area contributed by atoms with Crippen LogP contribution in [-0.4, -0.2) is 23.1 Å². The van der Waals surface area contributed by atoms with E-state index in [1.54, 1.807) is 37.3 Å². The van der Waals surface area contributed by atoms with Gasteiger partial charge in [0.25, 0.3) is 0 Å². The van der Waals surface area contributed by atoms with Crippen LogP contribution in [-0.2, 0) is 9.53 Å². The Hall–Kier alpha value is -1.84. The SMILES string of the molecule is CC(CC(=O)O)OC(=O)c1ccccc1. The summed E-state index contributed by atoms with van der Waals surface area (Å²) < 4.78 is 4.93. The molecule has 0 heterocycles. The predicted molar refractivity (Wildman–Crippen MR) is 53.6 cm³/mol. The fourth-order valence-corrected chi connectivity index (χ4v) is 1.11. The second-order valence-electron chi connectivity index (χ2n) is 3.18. The Morgan fingerprint density at radius 1 is 1.33 bits per heavy atom. The fourth-order valence-electron chi connectivity index (χ4n) is 1.11. The maximum absolute atomic E-state index is 11.4. The van der Waals surface area contributed by atoms with Crippen LogP contribution < -0.4 is 0 Å². The summed E-state index contributed by atoms with van der Waals surface area (Å²) in [5.74, 6) is -1.48. The second-order valence-corrected chi connectivity index (χ2v) is 3.18. The molecule has 80 valence electrons. The lowest BCUT2D eigenvalue weighted by atomic mass is 10.2. The van der Waals surface area contributed by atoms with E-state index in [-0.39, 0.29) is 6.42 Å². The van der Waals surface area contributed by atoms with Gasteiger partial charge in [-0.2, -0.15) is 0 Å². The molecule has 0 aromatic heterocycles. The van der Waals surface area contributed by atoms with Crippen molar-refractivity contribution in [3.63, 3.8) is 0 Å². The highest BCUT2D eigenvalue weighted by atomic mass is 16.5. The number of carbonyl (C=O) groups excluding carboxylic acids is 1. The van der Waals surface area contributed by atoms with Crippen molar-refractivity contribution in [3.8, 4) is 0 Å². The molecule has 4 heteroatoms. The number of hydrogen-bond donors (Lipinski definition) is 1. The minimum Gasteiger partial charge on any atom is -0.481 e. The normalized spacial score (nSPS) is 11.8. The molecule has 1 aromatic carbocycles. The molecule has 1 rings (SSSR count). The minimum absolute atomic E-state index is 0.182. The molecule has 0 spiro atoms. The third-order valence-corrected chi connectivity index (χ3v) is 1.78. The van der Waals surface area contributed by atoms with E-state index in [9.17, 15) is 9.59 Å². The molecule has 0 aliphatic rings. The first kappa shape index (κ1) is 11.2. The lowest BCUT2D eigenvalue weighted by Crippen LogP contribution is -2.18. The maximum Gasteiger partial charge on any atom is 0.338 e. The highest BCUT2D eigenvalue weighted by Crippen LogP contribution is 2.05. The summed E-state index contributed by atoms with van der Waals surface area (Å²) in [6.07, 6.45) is -0.798. The van der Waals surface area contributed by atoms with Crippen LogP contribution in [0.2, 0.25) is 0 Å². The number of hydrogen-bond acceptors (Lipinski definition) is 3. The minimum atomic E-state index is -0.983. The van der Waals surface area contributed by atoms with Crippen molar-refractivity contribution in [1.82, 2.24) is 0 Å². The van der Waals surface area contributed by atoms with Crippen LogP contribution in [0.3, 0.4) is 0 Å². The van der Waals surface area contributed by atoms with Crippen molar-refractivity contribution < 1.29 is 19.4 Å². The molecule has 0 aliphatic carbocycles. The van der Waals surface area contributed by atoms with E-state index in [1.165, 1.54) is 0 Å². The van der Waals surface area contributed by atoms with Crippen LogP contribution in [0.4, 0.5) is 0 Å². The molecule has 0 amide bonds. The molecule has 0 fully saturated rings. The van der Waals surface area contributed by atoms with Gasteiger partial charge in [-0.05, 0) is 19.1 Å². The van der Waals surface area contributed by atoms with Crippen LogP contribution in [0.25, 0.3) is 0 Å². The van der Waals surface area contributed by atoms with Gasteiger partial charge in [-0.3, -0.25) is 4.79 Å². The lowest BCUT2D eigenvalue weighted by Gasteiger charge is -2.10. The number of rotatable bonds is 4. The standard InChI is InChI=1S/C11H12O4/c1-8(7-10(12)13)15-11(14)9-5-3-2-4-6-9/h2-6,8H,7H2,1H3,(H,12,13). The van der Waals surface area contributed by atoms with Crippen LogP contribution in [0.15, 0.2) is 30.3 Å². The maximum atomic E-state index is 11.4. The largest absolute Gasteiger partial charge is 0.481 e. The number of carboxylic acid groups (broad SMARTS) is 1. The zero-order chi connectivity index (χ0) is 11.3. The van der Waals surface area contributed by atoms with Gasteiger partial charge in [0, 0.05) is 0 Å². The van der Waals surface area contributed by atoms with Crippen LogP contribution in [0.5, 0.6) is 0 Å². The van der Waals surface area contributed by atoms with Gasteiger partial charge in [-0.25, -0.2) is 4.79 Å². The summed E-state index contributed by atoms with van der Waals surface area (Å²) in [6.45, 7) is 1.55. The number of carboxylic acids is 1. The Morgan fingerprint density at radius 2 is 1.93 bits per heavy atom. The number of aliphatic carboxylic acids is 1. The Balaban J connectivity index is 2.53. The van der Waals surface area contributed by atoms with Crippen LogP contribution in [0, 0.1) is 0 Å². The van der Waals surface area contributed by atoms with Gasteiger partial charge in [0.2, 0.25) is 0 Å². The van der Waals surface area contributed by atoms with E-state index in [1.807, 2.05) is 0 Å². The molecular weight excluding hydrogens is 196 g/mol. The number of carbonyl (C=O) groups is 2. The summed E-state index contributed by atoms with van der Waals surface area (Å²) in [4.78, 5) is 21.8. The van der Waals surface area contributed by atoms with E-state index in [2.05, 4.69) is 0 Å². The predicted octanol–water partition coefficient (Wildman–Crippen LogP) is 1.71. The second kappa shape index (κ2) is 5.14. The van der Waals surface area contributed by atoms with Crippen molar-refractivity contribution in [2.24, 2.45) is 0 Å². The molecule has 0 saturated heterocycles. The quantitative estimate of drug-likeness (QED) is 0.765. The molecular formula is C11H12O4. The summed E-state index contributed by atoms with van der Waals surface area (Å²) in [6, 6.07) is 8.47. The lowest BCUT2D eigenvalue weighted by molar-refractivity contribution is -0.138. The molecule has 15 heavy (non-hydrogen) atoms. The van der Waals surface area contributed by atoms with E-state index < -0.39 is 18.0 Å². The molecule has 0 saturated carbocycles. The Morgan fingerprint density at radius 3 is 2.47 bits per heavy atom. The van der Waals surface area contributed by atoms with E-state index >= 15 is 0 Å². The third-order valence-electron chi connectivity index (χ3n) is 1.78. The van der Waals surface area contributed by atoms with Crippen molar-refractivity contribution in [2.45, 2.75) is 19.4 Å². The van der Waals surface area contributed by atoms with E-state index in [0.717, 1.165) is 0 Å². The van der Waals surface area contributed by atoms with Gasteiger partial charge >= 0.3 is 11.9 Å². The number of ether oxygens (including phenoxy) is 1.